The molecule has 0 saturated carbocycles. The van der Waals surface area contributed by atoms with E-state index in [0.29, 0.717) is 0 Å². The third-order valence-corrected chi connectivity index (χ3v) is 7.25. The highest BCUT2D eigenvalue weighted by Gasteiger charge is 2.47. The number of aliphatic hydroxyl groups excluding tert-OH is 12. The fraction of sp³-hybridized carbons (Fsp3) is 1.00. The molecule has 0 amide bonds. The van der Waals surface area contributed by atoms with Crippen LogP contribution in [0.15, 0.2) is 0 Å². The second-order valence-corrected chi connectivity index (χ2v) is 9.68. The molecular weight excluding hydrogens is 504 g/mol. The van der Waals surface area contributed by atoms with Crippen LogP contribution < -0.4 is 0 Å². The molecule has 2 saturated heterocycles. The first kappa shape index (κ1) is 32.6. The first-order valence-corrected chi connectivity index (χ1v) is 12.3. The predicted molar refractivity (Wildman–Crippen MR) is 121 cm³/mol. The second-order valence-electron chi connectivity index (χ2n) is 9.68. The molecule has 0 radical (unpaired) electrons. The summed E-state index contributed by atoms with van der Waals surface area (Å²) in [4.78, 5) is 0. The van der Waals surface area contributed by atoms with Crippen molar-refractivity contribution in [2.24, 2.45) is 11.8 Å². The maximum atomic E-state index is 10.7. The van der Waals surface area contributed by atoms with E-state index in [1.165, 1.54) is 0 Å². The van der Waals surface area contributed by atoms with E-state index in [1.54, 1.807) is 0 Å². The third-order valence-electron chi connectivity index (χ3n) is 7.25. The molecule has 220 valence electrons. The van der Waals surface area contributed by atoms with Crippen molar-refractivity contribution in [1.82, 2.24) is 0 Å². The molecule has 2 rings (SSSR count). The van der Waals surface area contributed by atoms with Crippen LogP contribution in [0.25, 0.3) is 0 Å². The van der Waals surface area contributed by atoms with Crippen molar-refractivity contribution in [2.75, 3.05) is 39.6 Å². The van der Waals surface area contributed by atoms with E-state index in [1.807, 2.05) is 0 Å². The summed E-state index contributed by atoms with van der Waals surface area (Å²) in [5, 5.41) is 118. The van der Waals surface area contributed by atoms with E-state index >= 15 is 0 Å². The minimum Gasteiger partial charge on any atom is -0.394 e. The highest BCUT2D eigenvalue weighted by molar-refractivity contribution is 4.95. The number of rotatable bonds is 14. The van der Waals surface area contributed by atoms with Crippen LogP contribution in [0.2, 0.25) is 0 Å². The van der Waals surface area contributed by atoms with Crippen molar-refractivity contribution in [2.45, 2.75) is 86.1 Å². The lowest BCUT2D eigenvalue weighted by Gasteiger charge is -2.44. The van der Waals surface area contributed by atoms with Crippen LogP contribution >= 0.6 is 0 Å². The number of ether oxygens (including phenoxy) is 3. The molecule has 12 N–H and O–H groups in total. The van der Waals surface area contributed by atoms with Gasteiger partial charge in [-0.1, -0.05) is 0 Å². The van der Waals surface area contributed by atoms with Gasteiger partial charge in [0, 0.05) is 11.8 Å². The Morgan fingerprint density at radius 1 is 0.595 bits per heavy atom. The Labute approximate surface area is 213 Å². The lowest BCUT2D eigenvalue weighted by atomic mass is 9.82. The molecule has 15 heteroatoms. The predicted octanol–water partition coefficient (Wildman–Crippen LogP) is -6.59. The van der Waals surface area contributed by atoms with Gasteiger partial charge in [-0.05, 0) is 12.8 Å². The normalized spacial score (nSPS) is 40.2. The summed E-state index contributed by atoms with van der Waals surface area (Å²) in [6.07, 6.45) is -16.3. The molecule has 0 aromatic rings. The fourth-order valence-electron chi connectivity index (χ4n) is 4.83. The van der Waals surface area contributed by atoms with Crippen LogP contribution in [-0.2, 0) is 14.2 Å². The Morgan fingerprint density at radius 3 is 1.70 bits per heavy atom. The molecule has 0 spiro atoms. The summed E-state index contributed by atoms with van der Waals surface area (Å²) in [6.45, 7) is -3.46. The van der Waals surface area contributed by atoms with Crippen molar-refractivity contribution < 1.29 is 75.5 Å². The van der Waals surface area contributed by atoms with Gasteiger partial charge in [0.15, 0.2) is 0 Å². The van der Waals surface area contributed by atoms with Gasteiger partial charge in [0.2, 0.25) is 0 Å². The smallest absolute Gasteiger partial charge is 0.111 e. The highest BCUT2D eigenvalue weighted by atomic mass is 16.6. The van der Waals surface area contributed by atoms with Crippen molar-refractivity contribution >= 4 is 0 Å². The maximum Gasteiger partial charge on any atom is 0.111 e. The summed E-state index contributed by atoms with van der Waals surface area (Å²) >= 11 is 0. The standard InChI is InChI=1S/C22H42O15/c23-3-11(27)10(17(29)12(28)4-24)7-35-8-16-21(33)18(30)9(14(5-25)37-16)1-2-13-19(31)22(34)20(32)15(6-26)36-13/h9-34H,1-8H2. The Morgan fingerprint density at radius 2 is 1.14 bits per heavy atom. The number of aliphatic hydroxyl groups is 12. The van der Waals surface area contributed by atoms with Crippen LogP contribution in [0.5, 0.6) is 0 Å². The summed E-state index contributed by atoms with van der Waals surface area (Å²) in [7, 11) is 0. The number of hydrogen-bond acceptors (Lipinski definition) is 15. The van der Waals surface area contributed by atoms with E-state index < -0.39 is 118 Å². The average Bonchev–Trinajstić information content (AvgIpc) is 2.90. The average molecular weight is 547 g/mol. The Hall–Kier alpha value is -0.600. The van der Waals surface area contributed by atoms with Crippen molar-refractivity contribution in [1.29, 1.82) is 0 Å². The molecule has 2 aliphatic rings. The van der Waals surface area contributed by atoms with E-state index in [9.17, 15) is 56.2 Å². The molecule has 0 aliphatic carbocycles. The molecule has 0 aromatic carbocycles. The summed E-state index contributed by atoms with van der Waals surface area (Å²) < 4.78 is 16.6. The molecule has 14 atom stereocenters. The van der Waals surface area contributed by atoms with Gasteiger partial charge in [0.25, 0.3) is 0 Å². The van der Waals surface area contributed by atoms with Crippen molar-refractivity contribution in [3.05, 3.63) is 0 Å². The van der Waals surface area contributed by atoms with Gasteiger partial charge in [-0.25, -0.2) is 0 Å². The molecule has 2 aliphatic heterocycles. The van der Waals surface area contributed by atoms with Gasteiger partial charge in [-0.3, -0.25) is 0 Å². The van der Waals surface area contributed by atoms with Crippen molar-refractivity contribution in [3.63, 3.8) is 0 Å². The lowest BCUT2D eigenvalue weighted by molar-refractivity contribution is -0.240. The summed E-state index contributed by atoms with van der Waals surface area (Å²) in [5.74, 6) is -2.02. The van der Waals surface area contributed by atoms with Gasteiger partial charge < -0.3 is 75.5 Å². The minimum atomic E-state index is -1.63. The van der Waals surface area contributed by atoms with E-state index in [0.717, 1.165) is 0 Å². The molecule has 14 unspecified atom stereocenters. The molecular formula is C22H42O15. The van der Waals surface area contributed by atoms with Gasteiger partial charge in [0.1, 0.15) is 42.7 Å². The zero-order valence-electron chi connectivity index (χ0n) is 20.3. The maximum absolute atomic E-state index is 10.7. The van der Waals surface area contributed by atoms with Gasteiger partial charge in [-0.15, -0.1) is 0 Å². The molecule has 37 heavy (non-hydrogen) atoms. The van der Waals surface area contributed by atoms with Gasteiger partial charge >= 0.3 is 0 Å². The Kier molecular flexibility index (Phi) is 13.4. The molecule has 0 aromatic heterocycles. The highest BCUT2D eigenvalue weighted by Crippen LogP contribution is 2.33. The SMILES string of the molecule is OCC(O)C(O)C(COCC1OC(CO)C(CCC2OC(CO)C(O)C(O)C2O)C(O)C1O)C(O)CO. The summed E-state index contributed by atoms with van der Waals surface area (Å²) in [5.41, 5.74) is 0. The van der Waals surface area contributed by atoms with Crippen LogP contribution in [-0.4, -0.2) is 174 Å². The van der Waals surface area contributed by atoms with Crippen LogP contribution in [0, 0.1) is 11.8 Å². The molecule has 0 bridgehead atoms. The Balaban J connectivity index is 1.96. The van der Waals surface area contributed by atoms with Crippen LogP contribution in [0.4, 0.5) is 0 Å². The minimum absolute atomic E-state index is 0.0305. The largest absolute Gasteiger partial charge is 0.394 e. The zero-order valence-corrected chi connectivity index (χ0v) is 20.3. The zero-order chi connectivity index (χ0) is 27.9. The third kappa shape index (κ3) is 7.97. The van der Waals surface area contributed by atoms with Crippen LogP contribution in [0.3, 0.4) is 0 Å². The second kappa shape index (κ2) is 15.3. The summed E-state index contributed by atoms with van der Waals surface area (Å²) in [6, 6.07) is 0. The van der Waals surface area contributed by atoms with Gasteiger partial charge in [-0.2, -0.15) is 0 Å². The molecule has 2 fully saturated rings. The van der Waals surface area contributed by atoms with Crippen molar-refractivity contribution in [3.8, 4) is 0 Å². The monoisotopic (exact) mass is 546 g/mol. The fourth-order valence-corrected chi connectivity index (χ4v) is 4.83. The molecule has 15 nitrogen and oxygen atoms in total. The van der Waals surface area contributed by atoms with E-state index in [-0.39, 0.29) is 19.4 Å². The quantitative estimate of drug-likeness (QED) is 0.0965. The topological polar surface area (TPSA) is 270 Å². The van der Waals surface area contributed by atoms with Gasteiger partial charge in [0.05, 0.1) is 70.2 Å². The first-order valence-electron chi connectivity index (χ1n) is 12.3. The van der Waals surface area contributed by atoms with E-state index in [2.05, 4.69) is 0 Å². The van der Waals surface area contributed by atoms with Crippen LogP contribution in [0.1, 0.15) is 12.8 Å². The lowest BCUT2D eigenvalue weighted by Crippen LogP contribution is -2.59. The molecule has 2 heterocycles. The first-order chi connectivity index (χ1) is 17.5. The van der Waals surface area contributed by atoms with E-state index in [4.69, 9.17) is 19.3 Å². The Bertz CT molecular complexity index is 639. The number of hydrogen-bond donors (Lipinski definition) is 12.